The molecule has 28 heavy (non-hydrogen) atoms. The van der Waals surface area contributed by atoms with Crippen molar-refractivity contribution in [1.82, 2.24) is 4.98 Å². The van der Waals surface area contributed by atoms with Crippen molar-refractivity contribution in [2.75, 3.05) is 7.11 Å². The molecule has 1 aromatic heterocycles. The molecule has 7 nitrogen and oxygen atoms in total. The van der Waals surface area contributed by atoms with E-state index >= 15 is 0 Å². The molecule has 2 rings (SSSR count). The second-order valence-corrected chi connectivity index (χ2v) is 6.55. The molecular formula is C18H18F2N6OS. The van der Waals surface area contributed by atoms with E-state index in [1.807, 2.05) is 6.07 Å². The number of nitrogens with zero attached hydrogens (tertiary/aromatic N) is 4. The van der Waals surface area contributed by atoms with Crippen molar-refractivity contribution in [2.45, 2.75) is 24.1 Å². The molecule has 2 aromatic rings. The van der Waals surface area contributed by atoms with Gasteiger partial charge in [-0.05, 0) is 42.3 Å². The third-order valence-electron chi connectivity index (χ3n) is 3.59. The summed E-state index contributed by atoms with van der Waals surface area (Å²) in [4.78, 5) is 3.94. The van der Waals surface area contributed by atoms with Crippen molar-refractivity contribution in [1.29, 1.82) is 5.26 Å². The van der Waals surface area contributed by atoms with Gasteiger partial charge in [-0.1, -0.05) is 0 Å². The lowest BCUT2D eigenvalue weighted by atomic mass is 10.1. The molecular weight excluding hydrogens is 386 g/mol. The minimum Gasteiger partial charge on any atom is -0.496 e. The summed E-state index contributed by atoms with van der Waals surface area (Å²) in [6, 6.07) is 8.56. The maximum Gasteiger partial charge on any atom is 0.280 e. The molecule has 0 aliphatic rings. The number of aryl methyl sites for hydroxylation is 1. The van der Waals surface area contributed by atoms with E-state index in [1.165, 1.54) is 31.2 Å². The number of guanidine groups is 1. The molecule has 0 spiro atoms. The summed E-state index contributed by atoms with van der Waals surface area (Å²) in [6.45, 7) is 1.61. The maximum atomic E-state index is 13.1. The van der Waals surface area contributed by atoms with E-state index in [0.717, 1.165) is 5.56 Å². The van der Waals surface area contributed by atoms with Crippen molar-refractivity contribution < 1.29 is 13.5 Å². The Morgan fingerprint density at radius 2 is 2.14 bits per heavy atom. The van der Waals surface area contributed by atoms with Crippen LogP contribution in [0.5, 0.6) is 5.75 Å². The van der Waals surface area contributed by atoms with E-state index in [-0.39, 0.29) is 22.2 Å². The van der Waals surface area contributed by atoms with Gasteiger partial charge in [-0.25, -0.2) is 13.8 Å². The van der Waals surface area contributed by atoms with Crippen LogP contribution in [-0.2, 0) is 5.75 Å². The van der Waals surface area contributed by atoms with Crippen LogP contribution >= 0.6 is 11.8 Å². The average Bonchev–Trinajstić information content (AvgIpc) is 2.65. The number of thioether (sulfide) groups is 1. The summed E-state index contributed by atoms with van der Waals surface area (Å²) in [7, 11) is 1.53. The van der Waals surface area contributed by atoms with Crippen LogP contribution in [-0.4, -0.2) is 24.3 Å². The number of pyridine rings is 1. The zero-order chi connectivity index (χ0) is 20.7. The lowest BCUT2D eigenvalue weighted by Gasteiger charge is -2.11. The monoisotopic (exact) mass is 404 g/mol. The fourth-order valence-corrected chi connectivity index (χ4v) is 3.36. The van der Waals surface area contributed by atoms with Crippen molar-refractivity contribution in [3.05, 3.63) is 52.2 Å². The molecule has 0 bridgehead atoms. The second kappa shape index (κ2) is 9.66. The quantitative estimate of drug-likeness (QED) is 0.316. The van der Waals surface area contributed by atoms with Gasteiger partial charge in [0.15, 0.2) is 0 Å². The highest BCUT2D eigenvalue weighted by Crippen LogP contribution is 2.32. The Kier molecular flexibility index (Phi) is 7.28. The minimum absolute atomic E-state index is 0.162. The van der Waals surface area contributed by atoms with Crippen molar-refractivity contribution in [2.24, 2.45) is 21.7 Å². The summed E-state index contributed by atoms with van der Waals surface area (Å²) >= 11 is 1.18. The molecule has 1 heterocycles. The van der Waals surface area contributed by atoms with E-state index in [9.17, 15) is 14.0 Å². The second-order valence-electron chi connectivity index (χ2n) is 5.59. The lowest BCUT2D eigenvalue weighted by Crippen LogP contribution is -2.21. The number of alkyl halides is 2. The van der Waals surface area contributed by atoms with Gasteiger partial charge >= 0.3 is 0 Å². The van der Waals surface area contributed by atoms with E-state index in [2.05, 4.69) is 15.2 Å². The summed E-state index contributed by atoms with van der Waals surface area (Å²) in [5, 5.41) is 16.9. The first-order valence-corrected chi connectivity index (χ1v) is 8.95. The Labute approximate surface area is 165 Å². The summed E-state index contributed by atoms with van der Waals surface area (Å²) in [5.41, 5.74) is 12.3. The topological polar surface area (TPSA) is 123 Å². The van der Waals surface area contributed by atoms with Gasteiger partial charge in [-0.2, -0.15) is 10.4 Å². The number of nitrogens with two attached hydrogens (primary N) is 2. The molecule has 0 radical (unpaired) electrons. The minimum atomic E-state index is -2.71. The highest BCUT2D eigenvalue weighted by Gasteiger charge is 2.17. The Bertz CT molecular complexity index is 952. The Balaban J connectivity index is 2.32. The largest absolute Gasteiger partial charge is 0.496 e. The van der Waals surface area contributed by atoms with Gasteiger partial charge in [0.25, 0.3) is 6.43 Å². The lowest BCUT2D eigenvalue weighted by molar-refractivity contribution is 0.145. The molecule has 0 atom stereocenters. The van der Waals surface area contributed by atoms with Crippen LogP contribution in [0.2, 0.25) is 0 Å². The fourth-order valence-electron chi connectivity index (χ4n) is 2.32. The smallest absolute Gasteiger partial charge is 0.280 e. The van der Waals surface area contributed by atoms with Crippen molar-refractivity contribution >= 4 is 23.9 Å². The molecule has 4 N–H and O–H groups in total. The SMILES string of the molecule is COc1ccc(C=NN=C(N)N)cc1CSc1nc(C(F)F)cc(C)c1C#N. The molecule has 10 heteroatoms. The number of aromatic nitrogens is 1. The van der Waals surface area contributed by atoms with E-state index < -0.39 is 6.43 Å². The number of ether oxygens (including phenoxy) is 1. The van der Waals surface area contributed by atoms with Crippen LogP contribution in [0.3, 0.4) is 0 Å². The number of hydrogen-bond acceptors (Lipinski definition) is 6. The van der Waals surface area contributed by atoms with E-state index in [4.69, 9.17) is 16.2 Å². The molecule has 0 unspecified atom stereocenters. The van der Waals surface area contributed by atoms with Gasteiger partial charge in [-0.15, -0.1) is 16.9 Å². The van der Waals surface area contributed by atoms with Crippen molar-refractivity contribution in [3.8, 4) is 11.8 Å². The zero-order valence-electron chi connectivity index (χ0n) is 15.2. The predicted octanol–water partition coefficient (Wildman–Crippen LogP) is 3.11. The summed E-state index contributed by atoms with van der Waals surface area (Å²) in [5.74, 6) is 0.790. The van der Waals surface area contributed by atoms with Gasteiger partial charge in [0.05, 0.1) is 18.9 Å². The first kappa shape index (κ1) is 21.1. The number of methoxy groups -OCH3 is 1. The fraction of sp³-hybridized carbons (Fsp3) is 0.222. The van der Waals surface area contributed by atoms with Crippen LogP contribution in [0.15, 0.2) is 39.5 Å². The Morgan fingerprint density at radius 3 is 2.75 bits per heavy atom. The van der Waals surface area contributed by atoms with Gasteiger partial charge in [0, 0.05) is 11.3 Å². The number of benzene rings is 1. The zero-order valence-corrected chi connectivity index (χ0v) is 16.0. The number of halogens is 2. The first-order valence-electron chi connectivity index (χ1n) is 7.97. The highest BCUT2D eigenvalue weighted by molar-refractivity contribution is 7.98. The van der Waals surface area contributed by atoms with Crippen LogP contribution < -0.4 is 16.2 Å². The van der Waals surface area contributed by atoms with Gasteiger partial charge in [0.1, 0.15) is 22.5 Å². The first-order chi connectivity index (χ1) is 13.3. The number of nitriles is 1. The highest BCUT2D eigenvalue weighted by atomic mass is 32.2. The number of rotatable bonds is 7. The van der Waals surface area contributed by atoms with Crippen LogP contribution in [0.4, 0.5) is 8.78 Å². The molecule has 0 aliphatic heterocycles. The third-order valence-corrected chi connectivity index (χ3v) is 4.61. The molecule has 0 fully saturated rings. The normalized spacial score (nSPS) is 10.9. The standard InChI is InChI=1S/C18H18F2N6OS/c1-10-5-14(16(19)20)25-17(13(10)7-21)28-9-12-6-11(3-4-15(12)27-2)8-24-26-18(22)23/h3-6,8,16H,9H2,1-2H3,(H4,22,23,26). The van der Waals surface area contributed by atoms with Crippen LogP contribution in [0.1, 0.15) is 34.4 Å². The van der Waals surface area contributed by atoms with Crippen LogP contribution in [0.25, 0.3) is 0 Å². The molecule has 0 aliphatic carbocycles. The third kappa shape index (κ3) is 5.40. The molecule has 1 aromatic carbocycles. The van der Waals surface area contributed by atoms with Gasteiger partial charge in [-0.3, -0.25) is 0 Å². The van der Waals surface area contributed by atoms with Gasteiger partial charge in [0.2, 0.25) is 5.96 Å². The molecule has 0 saturated carbocycles. The number of hydrogen-bond donors (Lipinski definition) is 2. The van der Waals surface area contributed by atoms with Gasteiger partial charge < -0.3 is 16.2 Å². The average molecular weight is 404 g/mol. The Morgan fingerprint density at radius 1 is 1.39 bits per heavy atom. The molecule has 0 amide bonds. The summed E-state index contributed by atoms with van der Waals surface area (Å²) < 4.78 is 31.5. The van der Waals surface area contributed by atoms with E-state index in [0.29, 0.717) is 22.6 Å². The van der Waals surface area contributed by atoms with Crippen molar-refractivity contribution in [3.63, 3.8) is 0 Å². The molecule has 146 valence electrons. The van der Waals surface area contributed by atoms with Crippen LogP contribution in [0, 0.1) is 18.3 Å². The summed E-state index contributed by atoms with van der Waals surface area (Å²) in [6.07, 6.45) is -1.25. The molecule has 0 saturated heterocycles. The predicted molar refractivity (Wildman–Crippen MR) is 105 cm³/mol. The Hall–Kier alpha value is -3.19. The maximum absolute atomic E-state index is 13.1. The van der Waals surface area contributed by atoms with E-state index in [1.54, 1.807) is 25.1 Å².